The minimum absolute atomic E-state index is 0.0866. The van der Waals surface area contributed by atoms with E-state index in [0.717, 1.165) is 43.9 Å². The number of rotatable bonds is 6. The van der Waals surface area contributed by atoms with Crippen LogP contribution in [0.1, 0.15) is 38.3 Å². The lowest BCUT2D eigenvalue weighted by Crippen LogP contribution is -2.33. The summed E-state index contributed by atoms with van der Waals surface area (Å²) in [5, 5.41) is 3.07. The smallest absolute Gasteiger partial charge is 0.229 e. The Labute approximate surface area is 199 Å². The number of amides is 1. The standard InChI is InChI=1S/C28H30N2O2S/c1-19-16-22(10-11-24(19)32-5)21-8-6-20(7-9-21)18-30(26(31)17-28(2,3)4)27-23-13-15-33-25(23)12-14-29-27/h6-16H,17-18H2,1-5H3. The summed E-state index contributed by atoms with van der Waals surface area (Å²) in [6, 6.07) is 18.7. The van der Waals surface area contributed by atoms with Crippen molar-refractivity contribution in [3.8, 4) is 16.9 Å². The highest BCUT2D eigenvalue weighted by Crippen LogP contribution is 2.32. The second kappa shape index (κ2) is 9.36. The van der Waals surface area contributed by atoms with Gasteiger partial charge in [0.05, 0.1) is 13.7 Å². The van der Waals surface area contributed by atoms with E-state index < -0.39 is 0 Å². The van der Waals surface area contributed by atoms with Crippen LogP contribution < -0.4 is 9.64 Å². The number of hydrogen-bond acceptors (Lipinski definition) is 4. The number of fused-ring (bicyclic) bond motifs is 1. The van der Waals surface area contributed by atoms with Gasteiger partial charge in [0.25, 0.3) is 0 Å². The van der Waals surface area contributed by atoms with Gasteiger partial charge in [0.2, 0.25) is 5.91 Å². The van der Waals surface area contributed by atoms with Crippen molar-refractivity contribution >= 4 is 33.1 Å². The summed E-state index contributed by atoms with van der Waals surface area (Å²) in [5.41, 5.74) is 4.35. The van der Waals surface area contributed by atoms with Gasteiger partial charge in [0, 0.05) is 22.7 Å². The number of ether oxygens (including phenoxy) is 1. The molecule has 0 saturated carbocycles. The number of aromatic nitrogens is 1. The van der Waals surface area contributed by atoms with Crippen LogP contribution in [0.5, 0.6) is 5.75 Å². The molecule has 33 heavy (non-hydrogen) atoms. The number of pyridine rings is 1. The van der Waals surface area contributed by atoms with Crippen molar-refractivity contribution in [3.05, 3.63) is 77.3 Å². The number of carbonyl (C=O) groups excluding carboxylic acids is 1. The lowest BCUT2D eigenvalue weighted by atomic mass is 9.91. The number of carbonyl (C=O) groups is 1. The second-order valence-electron chi connectivity index (χ2n) is 9.57. The van der Waals surface area contributed by atoms with E-state index in [-0.39, 0.29) is 11.3 Å². The first kappa shape index (κ1) is 23.0. The van der Waals surface area contributed by atoms with E-state index >= 15 is 0 Å². The van der Waals surface area contributed by atoms with Crippen LogP contribution in [0.2, 0.25) is 0 Å². The van der Waals surface area contributed by atoms with E-state index in [0.29, 0.717) is 13.0 Å². The number of hydrogen-bond donors (Lipinski definition) is 0. The number of thiophene rings is 1. The van der Waals surface area contributed by atoms with Crippen LogP contribution in [-0.2, 0) is 11.3 Å². The van der Waals surface area contributed by atoms with Gasteiger partial charge in [-0.2, -0.15) is 0 Å². The van der Waals surface area contributed by atoms with E-state index in [2.05, 4.69) is 68.2 Å². The molecule has 4 rings (SSSR count). The van der Waals surface area contributed by atoms with Crippen LogP contribution in [0.25, 0.3) is 21.2 Å². The van der Waals surface area contributed by atoms with Crippen LogP contribution in [0, 0.1) is 12.3 Å². The maximum atomic E-state index is 13.4. The molecule has 2 aromatic heterocycles. The van der Waals surface area contributed by atoms with Crippen molar-refractivity contribution in [2.75, 3.05) is 12.0 Å². The van der Waals surface area contributed by atoms with Crippen LogP contribution >= 0.6 is 11.3 Å². The molecule has 0 aliphatic carbocycles. The average molecular weight is 459 g/mol. The van der Waals surface area contributed by atoms with Gasteiger partial charge in [-0.3, -0.25) is 9.69 Å². The van der Waals surface area contributed by atoms with Crippen molar-refractivity contribution in [2.45, 2.75) is 40.7 Å². The van der Waals surface area contributed by atoms with Gasteiger partial charge in [-0.05, 0) is 64.2 Å². The molecule has 0 fully saturated rings. The maximum Gasteiger partial charge on any atom is 0.229 e. The molecule has 0 spiro atoms. The summed E-state index contributed by atoms with van der Waals surface area (Å²) in [5.74, 6) is 1.71. The van der Waals surface area contributed by atoms with Crippen LogP contribution in [0.4, 0.5) is 5.82 Å². The highest BCUT2D eigenvalue weighted by molar-refractivity contribution is 7.17. The Balaban J connectivity index is 1.64. The molecule has 5 heteroatoms. The van der Waals surface area contributed by atoms with Gasteiger partial charge in [0.1, 0.15) is 11.6 Å². The van der Waals surface area contributed by atoms with Crippen LogP contribution in [0.3, 0.4) is 0 Å². The van der Waals surface area contributed by atoms with Gasteiger partial charge in [-0.15, -0.1) is 11.3 Å². The number of aryl methyl sites for hydroxylation is 1. The fourth-order valence-corrected chi connectivity index (χ4v) is 4.74. The monoisotopic (exact) mass is 458 g/mol. The molecule has 0 aliphatic rings. The molecule has 0 unspecified atom stereocenters. The van der Waals surface area contributed by atoms with Gasteiger partial charge in [-0.25, -0.2) is 4.98 Å². The zero-order chi connectivity index (χ0) is 23.6. The maximum absolute atomic E-state index is 13.4. The molecule has 1 amide bonds. The van der Waals surface area contributed by atoms with E-state index in [1.165, 1.54) is 0 Å². The first-order valence-electron chi connectivity index (χ1n) is 11.1. The first-order valence-corrected chi connectivity index (χ1v) is 12.0. The zero-order valence-corrected chi connectivity index (χ0v) is 20.7. The predicted octanol–water partition coefficient (Wildman–Crippen LogP) is 7.25. The quantitative estimate of drug-likeness (QED) is 0.306. The molecule has 0 bridgehead atoms. The van der Waals surface area contributed by atoms with Crippen molar-refractivity contribution in [2.24, 2.45) is 5.41 Å². The highest BCUT2D eigenvalue weighted by Gasteiger charge is 2.25. The fraction of sp³-hybridized carbons (Fsp3) is 0.286. The third-order valence-electron chi connectivity index (χ3n) is 5.62. The van der Waals surface area contributed by atoms with Crippen LogP contribution in [-0.4, -0.2) is 18.0 Å². The Bertz CT molecular complexity index is 1270. The Morgan fingerprint density at radius 1 is 1.03 bits per heavy atom. The van der Waals surface area contributed by atoms with E-state index in [1.807, 2.05) is 29.3 Å². The highest BCUT2D eigenvalue weighted by atomic mass is 32.1. The molecule has 0 saturated heterocycles. The molecule has 2 aromatic carbocycles. The summed E-state index contributed by atoms with van der Waals surface area (Å²) in [7, 11) is 1.69. The Morgan fingerprint density at radius 2 is 1.76 bits per heavy atom. The largest absolute Gasteiger partial charge is 0.496 e. The number of nitrogens with zero attached hydrogens (tertiary/aromatic N) is 2. The van der Waals surface area contributed by atoms with Crippen LogP contribution in [0.15, 0.2) is 66.2 Å². The molecule has 0 aliphatic heterocycles. The number of methoxy groups -OCH3 is 1. The normalized spacial score (nSPS) is 11.5. The SMILES string of the molecule is COc1ccc(-c2ccc(CN(C(=O)CC(C)(C)C)c3nccc4sccc34)cc2)cc1C. The molecule has 0 radical (unpaired) electrons. The topological polar surface area (TPSA) is 42.4 Å². The Hall–Kier alpha value is -3.18. The van der Waals surface area contributed by atoms with E-state index in [9.17, 15) is 4.79 Å². The van der Waals surface area contributed by atoms with Gasteiger partial charge in [-0.1, -0.05) is 51.1 Å². The van der Waals surface area contributed by atoms with Gasteiger partial charge in [0.15, 0.2) is 0 Å². The molecular formula is C28H30N2O2S. The van der Waals surface area contributed by atoms with Gasteiger partial charge >= 0.3 is 0 Å². The minimum Gasteiger partial charge on any atom is -0.496 e. The summed E-state index contributed by atoms with van der Waals surface area (Å²) in [6.07, 6.45) is 2.25. The third-order valence-corrected chi connectivity index (χ3v) is 6.50. The second-order valence-corrected chi connectivity index (χ2v) is 10.5. The molecule has 170 valence electrons. The Kier molecular flexibility index (Phi) is 6.52. The van der Waals surface area contributed by atoms with Crippen molar-refractivity contribution in [1.82, 2.24) is 4.98 Å². The van der Waals surface area contributed by atoms with E-state index in [4.69, 9.17) is 4.74 Å². The van der Waals surface area contributed by atoms with Crippen molar-refractivity contribution in [1.29, 1.82) is 0 Å². The summed E-state index contributed by atoms with van der Waals surface area (Å²) in [6.45, 7) is 8.81. The lowest BCUT2D eigenvalue weighted by Gasteiger charge is -2.27. The molecule has 0 atom stereocenters. The molecular weight excluding hydrogens is 428 g/mol. The van der Waals surface area contributed by atoms with E-state index in [1.54, 1.807) is 24.6 Å². The number of benzene rings is 2. The third kappa shape index (κ3) is 5.25. The van der Waals surface area contributed by atoms with Gasteiger partial charge < -0.3 is 4.74 Å². The predicted molar refractivity (Wildman–Crippen MR) is 138 cm³/mol. The summed E-state index contributed by atoms with van der Waals surface area (Å²) in [4.78, 5) is 19.9. The minimum atomic E-state index is -0.103. The number of anilines is 1. The lowest BCUT2D eigenvalue weighted by molar-refractivity contribution is -0.120. The molecule has 4 nitrogen and oxygen atoms in total. The summed E-state index contributed by atoms with van der Waals surface area (Å²) >= 11 is 1.67. The van der Waals surface area contributed by atoms with Crippen molar-refractivity contribution in [3.63, 3.8) is 0 Å². The zero-order valence-electron chi connectivity index (χ0n) is 19.9. The average Bonchev–Trinajstić information content (AvgIpc) is 3.26. The Morgan fingerprint density at radius 3 is 2.42 bits per heavy atom. The first-order chi connectivity index (χ1) is 15.7. The summed E-state index contributed by atoms with van der Waals surface area (Å²) < 4.78 is 6.52. The molecule has 4 aromatic rings. The van der Waals surface area contributed by atoms with Crippen molar-refractivity contribution < 1.29 is 9.53 Å². The molecule has 0 N–H and O–H groups in total. The molecule has 2 heterocycles. The fourth-order valence-electron chi connectivity index (χ4n) is 3.97.